The summed E-state index contributed by atoms with van der Waals surface area (Å²) in [4.78, 5) is 0. The summed E-state index contributed by atoms with van der Waals surface area (Å²) in [6.45, 7) is 0. The van der Waals surface area contributed by atoms with Gasteiger partial charge in [0.05, 0.1) is 23.4 Å². The molecule has 1 aliphatic rings. The molecule has 0 bridgehead atoms. The largest absolute Gasteiger partial charge is 0.379 e. The second-order valence-corrected chi connectivity index (χ2v) is 5.88. The number of nitrogens with zero attached hydrogens (tertiary/aromatic N) is 2. The fraction of sp³-hybridized carbons (Fsp3) is 0.625. The first kappa shape index (κ1) is 9.51. The minimum absolute atomic E-state index is 0.0456. The smallest absolute Gasteiger partial charge is 0.152 e. The van der Waals surface area contributed by atoms with E-state index < -0.39 is 9.84 Å². The third-order valence-corrected chi connectivity index (χ3v) is 4.08. The highest BCUT2D eigenvalue weighted by atomic mass is 32.2. The van der Waals surface area contributed by atoms with Crippen LogP contribution in [0.5, 0.6) is 0 Å². The standard InChI is InChI=1S/C8H13N3O2S/c1-11-5-8(4-9-11)10-7-2-3-14(12,13)6-7/h4-5,7,10H,2-3,6H2,1H3. The first-order chi connectivity index (χ1) is 6.55. The lowest BCUT2D eigenvalue weighted by Crippen LogP contribution is -2.20. The topological polar surface area (TPSA) is 64.0 Å². The normalized spacial score (nSPS) is 25.1. The van der Waals surface area contributed by atoms with E-state index in [0.717, 1.165) is 5.69 Å². The molecule has 6 heteroatoms. The Balaban J connectivity index is 2.00. The van der Waals surface area contributed by atoms with Crippen molar-refractivity contribution in [1.82, 2.24) is 9.78 Å². The van der Waals surface area contributed by atoms with Crippen LogP contribution in [0.25, 0.3) is 0 Å². The predicted octanol–water partition coefficient (Wildman–Crippen LogP) is 0.0191. The molecule has 1 aromatic heterocycles. The van der Waals surface area contributed by atoms with Gasteiger partial charge in [0, 0.05) is 19.3 Å². The average Bonchev–Trinajstić information content (AvgIpc) is 2.59. The molecule has 14 heavy (non-hydrogen) atoms. The Morgan fingerprint density at radius 1 is 1.64 bits per heavy atom. The maximum Gasteiger partial charge on any atom is 0.152 e. The summed E-state index contributed by atoms with van der Waals surface area (Å²) in [5.74, 6) is 0.535. The first-order valence-electron chi connectivity index (χ1n) is 4.51. The van der Waals surface area contributed by atoms with Crippen molar-refractivity contribution in [3.63, 3.8) is 0 Å². The zero-order chi connectivity index (χ0) is 10.2. The first-order valence-corrected chi connectivity index (χ1v) is 6.33. The fourth-order valence-corrected chi connectivity index (χ4v) is 3.31. The van der Waals surface area contributed by atoms with E-state index in [-0.39, 0.29) is 11.8 Å². The fourth-order valence-electron chi connectivity index (χ4n) is 1.64. The van der Waals surface area contributed by atoms with Gasteiger partial charge in [-0.1, -0.05) is 0 Å². The van der Waals surface area contributed by atoms with Crippen LogP contribution in [0.2, 0.25) is 0 Å². The number of hydrogen-bond donors (Lipinski definition) is 1. The van der Waals surface area contributed by atoms with Crippen molar-refractivity contribution in [1.29, 1.82) is 0 Å². The van der Waals surface area contributed by atoms with Gasteiger partial charge in [-0.2, -0.15) is 5.10 Å². The Hall–Kier alpha value is -1.04. The van der Waals surface area contributed by atoms with Crippen LogP contribution >= 0.6 is 0 Å². The molecule has 1 unspecified atom stereocenters. The predicted molar refractivity (Wildman–Crippen MR) is 53.9 cm³/mol. The van der Waals surface area contributed by atoms with Gasteiger partial charge in [0.15, 0.2) is 9.84 Å². The van der Waals surface area contributed by atoms with Crippen LogP contribution in [0.3, 0.4) is 0 Å². The highest BCUT2D eigenvalue weighted by Gasteiger charge is 2.27. The van der Waals surface area contributed by atoms with Crippen LogP contribution in [0.1, 0.15) is 6.42 Å². The SMILES string of the molecule is Cn1cc(NC2CCS(=O)(=O)C2)cn1. The molecule has 0 spiro atoms. The van der Waals surface area contributed by atoms with E-state index >= 15 is 0 Å². The van der Waals surface area contributed by atoms with E-state index in [0.29, 0.717) is 12.2 Å². The molecule has 0 amide bonds. The minimum atomic E-state index is -2.80. The van der Waals surface area contributed by atoms with Crippen LogP contribution in [0, 0.1) is 0 Å². The maximum absolute atomic E-state index is 11.2. The highest BCUT2D eigenvalue weighted by molar-refractivity contribution is 7.91. The lowest BCUT2D eigenvalue weighted by molar-refractivity contribution is 0.602. The van der Waals surface area contributed by atoms with Crippen molar-refractivity contribution in [2.45, 2.75) is 12.5 Å². The summed E-state index contributed by atoms with van der Waals surface area (Å²) >= 11 is 0. The van der Waals surface area contributed by atoms with Crippen LogP contribution in [-0.2, 0) is 16.9 Å². The molecule has 1 fully saturated rings. The summed E-state index contributed by atoms with van der Waals surface area (Å²) in [7, 11) is -0.969. The molecule has 2 rings (SSSR count). The van der Waals surface area contributed by atoms with E-state index in [2.05, 4.69) is 10.4 Å². The van der Waals surface area contributed by atoms with E-state index in [4.69, 9.17) is 0 Å². The van der Waals surface area contributed by atoms with E-state index in [9.17, 15) is 8.42 Å². The highest BCUT2D eigenvalue weighted by Crippen LogP contribution is 2.16. The van der Waals surface area contributed by atoms with Gasteiger partial charge in [0.25, 0.3) is 0 Å². The van der Waals surface area contributed by atoms with Crippen LogP contribution in [0.15, 0.2) is 12.4 Å². The van der Waals surface area contributed by atoms with Crippen molar-refractivity contribution in [3.8, 4) is 0 Å². The monoisotopic (exact) mass is 215 g/mol. The van der Waals surface area contributed by atoms with Gasteiger partial charge in [0.1, 0.15) is 0 Å². The van der Waals surface area contributed by atoms with Gasteiger partial charge in [-0.05, 0) is 6.42 Å². The van der Waals surface area contributed by atoms with Gasteiger partial charge in [0.2, 0.25) is 0 Å². The van der Waals surface area contributed by atoms with Gasteiger partial charge < -0.3 is 5.32 Å². The molecule has 0 radical (unpaired) electrons. The van der Waals surface area contributed by atoms with Gasteiger partial charge in [-0.3, -0.25) is 4.68 Å². The van der Waals surface area contributed by atoms with Crippen molar-refractivity contribution in [2.24, 2.45) is 7.05 Å². The van der Waals surface area contributed by atoms with E-state index in [1.807, 2.05) is 13.2 Å². The summed E-state index contributed by atoms with van der Waals surface area (Å²) < 4.78 is 24.0. The Kier molecular flexibility index (Phi) is 2.22. The molecule has 1 saturated heterocycles. The summed E-state index contributed by atoms with van der Waals surface area (Å²) in [5, 5.41) is 7.15. The van der Waals surface area contributed by atoms with Crippen LogP contribution in [-0.4, -0.2) is 35.7 Å². The van der Waals surface area contributed by atoms with Gasteiger partial charge in [-0.25, -0.2) is 8.42 Å². The third kappa shape index (κ3) is 2.06. The number of aromatic nitrogens is 2. The van der Waals surface area contributed by atoms with Crippen molar-refractivity contribution >= 4 is 15.5 Å². The molecule has 0 aliphatic carbocycles. The number of aryl methyl sites for hydroxylation is 1. The van der Waals surface area contributed by atoms with E-state index in [1.165, 1.54) is 0 Å². The molecule has 1 aliphatic heterocycles. The Morgan fingerprint density at radius 2 is 2.43 bits per heavy atom. The molecular weight excluding hydrogens is 202 g/mol. The molecule has 2 heterocycles. The summed E-state index contributed by atoms with van der Waals surface area (Å²) in [5.41, 5.74) is 0.884. The molecule has 0 saturated carbocycles. The molecule has 0 aromatic carbocycles. The molecule has 1 aromatic rings. The maximum atomic E-state index is 11.2. The molecule has 1 atom stereocenters. The molecule has 5 nitrogen and oxygen atoms in total. The lowest BCUT2D eigenvalue weighted by Gasteiger charge is -2.08. The average molecular weight is 215 g/mol. The second-order valence-electron chi connectivity index (χ2n) is 3.65. The number of hydrogen-bond acceptors (Lipinski definition) is 4. The number of nitrogens with one attached hydrogen (secondary N) is 1. The van der Waals surface area contributed by atoms with Gasteiger partial charge >= 0.3 is 0 Å². The molecule has 78 valence electrons. The van der Waals surface area contributed by atoms with Crippen molar-refractivity contribution in [2.75, 3.05) is 16.8 Å². The summed E-state index contributed by atoms with van der Waals surface area (Å²) in [6.07, 6.45) is 4.23. The number of anilines is 1. The molecular formula is C8H13N3O2S. The Labute approximate surface area is 83.0 Å². The van der Waals surface area contributed by atoms with E-state index in [1.54, 1.807) is 10.9 Å². The Morgan fingerprint density at radius 3 is 2.93 bits per heavy atom. The van der Waals surface area contributed by atoms with Crippen LogP contribution in [0.4, 0.5) is 5.69 Å². The quantitative estimate of drug-likeness (QED) is 0.755. The van der Waals surface area contributed by atoms with Crippen molar-refractivity contribution in [3.05, 3.63) is 12.4 Å². The zero-order valence-corrected chi connectivity index (χ0v) is 8.79. The van der Waals surface area contributed by atoms with Gasteiger partial charge in [-0.15, -0.1) is 0 Å². The Bertz CT molecular complexity index is 424. The third-order valence-electron chi connectivity index (χ3n) is 2.31. The van der Waals surface area contributed by atoms with Crippen molar-refractivity contribution < 1.29 is 8.42 Å². The zero-order valence-electron chi connectivity index (χ0n) is 7.97. The number of rotatable bonds is 2. The minimum Gasteiger partial charge on any atom is -0.379 e. The summed E-state index contributed by atoms with van der Waals surface area (Å²) in [6, 6.07) is 0.0456. The second kappa shape index (κ2) is 3.27. The molecule has 1 N–H and O–H groups in total. The number of sulfone groups is 1. The van der Waals surface area contributed by atoms with Crippen LogP contribution < -0.4 is 5.32 Å². The lowest BCUT2D eigenvalue weighted by atomic mass is 10.2.